The van der Waals surface area contributed by atoms with Gasteiger partial charge in [0.2, 0.25) is 0 Å². The highest BCUT2D eigenvalue weighted by Crippen LogP contribution is 2.05. The van der Waals surface area contributed by atoms with E-state index in [4.69, 9.17) is 0 Å². The summed E-state index contributed by atoms with van der Waals surface area (Å²) in [5, 5.41) is 0. The summed E-state index contributed by atoms with van der Waals surface area (Å²) in [4.78, 5) is 0. The van der Waals surface area contributed by atoms with Crippen LogP contribution >= 0.6 is 0 Å². The summed E-state index contributed by atoms with van der Waals surface area (Å²) in [7, 11) is -0.0567. The molecule has 0 atom stereocenters. The number of rotatable bonds is 7. The van der Waals surface area contributed by atoms with Crippen LogP contribution in [0.1, 0.15) is 51.9 Å². The predicted octanol–water partition coefficient (Wildman–Crippen LogP) is 3.88. The number of hydrogen-bond acceptors (Lipinski definition) is 0. The average Bonchev–Trinajstić information content (AvgIpc) is 2.02. The van der Waals surface area contributed by atoms with Crippen molar-refractivity contribution in [3.8, 4) is 0 Å². The monoisotopic (exact) mass is 184 g/mol. The minimum Gasteiger partial charge on any atom is -0.104 e. The summed E-state index contributed by atoms with van der Waals surface area (Å²) >= 11 is 0. The second-order valence-electron chi connectivity index (χ2n) is 3.84. The Morgan fingerprint density at radius 3 is 2.08 bits per heavy atom. The van der Waals surface area contributed by atoms with Crippen molar-refractivity contribution in [2.24, 2.45) is 0 Å². The molecule has 0 spiro atoms. The molecule has 0 aromatic carbocycles. The highest BCUT2D eigenvalue weighted by Gasteiger charge is 1.88. The zero-order chi connectivity index (χ0) is 9.23. The Morgan fingerprint density at radius 1 is 0.917 bits per heavy atom. The fourth-order valence-corrected chi connectivity index (χ4v) is 2.10. The molecule has 0 N–H and O–H groups in total. The summed E-state index contributed by atoms with van der Waals surface area (Å²) in [6.07, 6.45) is 9.95. The Labute approximate surface area is 79.6 Å². The number of unbranched alkanes of at least 4 members (excludes halogenated alkanes) is 6. The average molecular weight is 184 g/mol. The molecule has 12 heavy (non-hydrogen) atoms. The molecule has 0 saturated carbocycles. The molecule has 0 aliphatic rings. The maximum atomic E-state index is 2.53. The van der Waals surface area contributed by atoms with Crippen molar-refractivity contribution in [3.05, 3.63) is 0 Å². The van der Waals surface area contributed by atoms with Crippen LogP contribution in [0, 0.1) is 0 Å². The van der Waals surface area contributed by atoms with E-state index in [1.165, 1.54) is 44.9 Å². The smallest absolute Gasteiger partial charge is 0.00133 e. The zero-order valence-corrected chi connectivity index (χ0v) is 10.0. The fraction of sp³-hybridized carbons (Fsp3) is 0.909. The van der Waals surface area contributed by atoms with E-state index in [0.29, 0.717) is 0 Å². The highest BCUT2D eigenvalue weighted by molar-refractivity contribution is 6.63. The molecule has 0 nitrogen and oxygen atoms in total. The third kappa shape index (κ3) is 10.1. The van der Waals surface area contributed by atoms with E-state index >= 15 is 0 Å². The zero-order valence-electron chi connectivity index (χ0n) is 9.03. The fourth-order valence-electron chi connectivity index (χ4n) is 1.32. The molecule has 0 rings (SSSR count). The Balaban J connectivity index is 2.96. The normalized spacial score (nSPS) is 9.92. The lowest BCUT2D eigenvalue weighted by atomic mass is 10.1. The molecule has 72 valence electrons. The van der Waals surface area contributed by atoms with Crippen LogP contribution in [0.15, 0.2) is 0 Å². The van der Waals surface area contributed by atoms with Crippen molar-refractivity contribution in [1.82, 2.24) is 0 Å². The van der Waals surface area contributed by atoms with Gasteiger partial charge in [-0.25, -0.2) is 0 Å². The molecule has 1 heteroatoms. The summed E-state index contributed by atoms with van der Waals surface area (Å²) < 4.78 is 0. The van der Waals surface area contributed by atoms with E-state index in [-0.39, 0.29) is 8.41 Å². The summed E-state index contributed by atoms with van der Waals surface area (Å²) in [5.41, 5.74) is 2.53. The van der Waals surface area contributed by atoms with Crippen LogP contribution in [0.3, 0.4) is 0 Å². The van der Waals surface area contributed by atoms with E-state index in [0.717, 1.165) is 0 Å². The van der Waals surface area contributed by atoms with E-state index in [1.807, 2.05) is 0 Å². The third-order valence-electron chi connectivity index (χ3n) is 2.11. The first-order chi connectivity index (χ1) is 5.77. The van der Waals surface area contributed by atoms with Gasteiger partial charge in [0.05, 0.1) is 0 Å². The Morgan fingerprint density at radius 2 is 1.50 bits per heavy atom. The van der Waals surface area contributed by atoms with Crippen molar-refractivity contribution >= 4 is 14.1 Å². The third-order valence-corrected chi connectivity index (χ3v) is 3.22. The van der Waals surface area contributed by atoms with Gasteiger partial charge in [0.25, 0.3) is 0 Å². The maximum Gasteiger partial charge on any atom is -0.00133 e. The lowest BCUT2D eigenvalue weighted by Gasteiger charge is -1.97. The second-order valence-corrected chi connectivity index (χ2v) is 6.40. The van der Waals surface area contributed by atoms with Gasteiger partial charge < -0.3 is 0 Å². The minimum atomic E-state index is -0.0567. The SMILES string of the molecule is CCCCCCCCC=[Si](C)C. The first kappa shape index (κ1) is 12.1. The van der Waals surface area contributed by atoms with Gasteiger partial charge in [-0.3, -0.25) is 0 Å². The first-order valence-corrected chi connectivity index (χ1v) is 7.98. The van der Waals surface area contributed by atoms with Gasteiger partial charge >= 0.3 is 0 Å². The number of hydrogen-bond donors (Lipinski definition) is 0. The lowest BCUT2D eigenvalue weighted by molar-refractivity contribution is 0.617. The van der Waals surface area contributed by atoms with Gasteiger partial charge in [-0.1, -0.05) is 58.5 Å². The minimum absolute atomic E-state index is 0.0567. The van der Waals surface area contributed by atoms with Crippen LogP contribution < -0.4 is 0 Å². The molecule has 0 heterocycles. The van der Waals surface area contributed by atoms with Crippen molar-refractivity contribution in [3.63, 3.8) is 0 Å². The Bertz CT molecular complexity index is 112. The maximum absolute atomic E-state index is 2.53. The molecule has 0 aliphatic carbocycles. The van der Waals surface area contributed by atoms with Gasteiger partial charge in [0, 0.05) is 0 Å². The molecule has 0 radical (unpaired) electrons. The topological polar surface area (TPSA) is 0 Å². The molecule has 0 bridgehead atoms. The largest absolute Gasteiger partial charge is 0.104 e. The van der Waals surface area contributed by atoms with Crippen molar-refractivity contribution in [2.75, 3.05) is 0 Å². The van der Waals surface area contributed by atoms with Crippen LogP contribution in [-0.4, -0.2) is 14.1 Å². The first-order valence-electron chi connectivity index (χ1n) is 5.40. The Hall–Kier alpha value is 0.0869. The standard InChI is InChI=1S/C11H24Si/c1-4-5-6-7-8-9-10-11-12(2)3/h11H,4-10H2,1-3H3. The van der Waals surface area contributed by atoms with E-state index in [9.17, 15) is 0 Å². The highest BCUT2D eigenvalue weighted by atomic mass is 28.2. The molecular formula is C11H24Si. The molecular weight excluding hydrogens is 160 g/mol. The molecule has 0 aromatic rings. The Kier molecular flexibility index (Phi) is 9.24. The van der Waals surface area contributed by atoms with Crippen LogP contribution in [0.5, 0.6) is 0 Å². The summed E-state index contributed by atoms with van der Waals surface area (Å²) in [5.74, 6) is 0. The molecule has 0 aromatic heterocycles. The lowest BCUT2D eigenvalue weighted by Crippen LogP contribution is -1.91. The van der Waals surface area contributed by atoms with Crippen molar-refractivity contribution < 1.29 is 0 Å². The quantitative estimate of drug-likeness (QED) is 0.416. The van der Waals surface area contributed by atoms with Crippen LogP contribution in [-0.2, 0) is 0 Å². The van der Waals surface area contributed by atoms with Crippen molar-refractivity contribution in [2.45, 2.75) is 65.0 Å². The van der Waals surface area contributed by atoms with E-state index in [2.05, 4.69) is 25.7 Å². The molecule has 0 fully saturated rings. The summed E-state index contributed by atoms with van der Waals surface area (Å²) in [6, 6.07) is 0. The van der Waals surface area contributed by atoms with Crippen molar-refractivity contribution in [1.29, 1.82) is 0 Å². The predicted molar refractivity (Wildman–Crippen MR) is 61.5 cm³/mol. The van der Waals surface area contributed by atoms with Gasteiger partial charge in [-0.05, 0) is 14.8 Å². The summed E-state index contributed by atoms with van der Waals surface area (Å²) in [6.45, 7) is 7.00. The molecule has 0 unspecified atom stereocenters. The van der Waals surface area contributed by atoms with Gasteiger partial charge in [-0.2, -0.15) is 0 Å². The van der Waals surface area contributed by atoms with E-state index < -0.39 is 0 Å². The molecule has 0 saturated heterocycles. The van der Waals surface area contributed by atoms with Crippen LogP contribution in [0.4, 0.5) is 0 Å². The van der Waals surface area contributed by atoms with Gasteiger partial charge in [-0.15, -0.1) is 5.67 Å². The van der Waals surface area contributed by atoms with Crippen LogP contribution in [0.25, 0.3) is 0 Å². The van der Waals surface area contributed by atoms with Gasteiger partial charge in [0.1, 0.15) is 0 Å². The molecule has 0 aliphatic heterocycles. The van der Waals surface area contributed by atoms with E-state index in [1.54, 1.807) is 0 Å². The second kappa shape index (κ2) is 9.18. The molecule has 0 amide bonds. The van der Waals surface area contributed by atoms with Crippen LogP contribution in [0.2, 0.25) is 13.1 Å². The van der Waals surface area contributed by atoms with Gasteiger partial charge in [0.15, 0.2) is 0 Å².